The van der Waals surface area contributed by atoms with Crippen molar-refractivity contribution < 1.29 is 52.2 Å². The van der Waals surface area contributed by atoms with E-state index in [0.29, 0.717) is 19.3 Å². The van der Waals surface area contributed by atoms with E-state index in [-0.39, 0.29) is 25.9 Å². The second-order valence-corrected chi connectivity index (χ2v) is 23.4. The molecule has 0 aromatic rings. The van der Waals surface area contributed by atoms with Crippen molar-refractivity contribution in [3.63, 3.8) is 0 Å². The van der Waals surface area contributed by atoms with E-state index in [1.807, 2.05) is 0 Å². The van der Waals surface area contributed by atoms with Crippen LogP contribution < -0.4 is 0 Å². The van der Waals surface area contributed by atoms with Gasteiger partial charge in [-0.25, -0.2) is 4.57 Å². The first kappa shape index (κ1) is 74.0. The summed E-state index contributed by atoms with van der Waals surface area (Å²) in [5, 5.41) is 9.83. The minimum atomic E-state index is -4.74. The van der Waals surface area contributed by atoms with Crippen LogP contribution in [0.2, 0.25) is 0 Å². The Balaban J connectivity index is 4.66. The standard InChI is InChI=1S/C64H121O11P/c1-4-7-10-13-16-19-22-25-27-29-30-32-34-37-40-43-46-49-52-55-64(68)75-61(57-71-62(66)53-50-47-44-41-38-36-33-31-28-26-23-20-17-14-11-8-5-2)59-73-76(69,70)72-58-60(56-65)74-63(67)54-51-48-45-42-39-35-24-21-18-15-12-9-6-3/h17,20,26,28,60-61,65H,4-16,18-19,21-25,27,29-59H2,1-3H3,(H,69,70)/b20-17-,28-26-. The number of hydrogen-bond donors (Lipinski definition) is 2. The van der Waals surface area contributed by atoms with Crippen molar-refractivity contribution in [2.45, 2.75) is 341 Å². The van der Waals surface area contributed by atoms with Gasteiger partial charge in [-0.2, -0.15) is 0 Å². The molecule has 0 aromatic carbocycles. The van der Waals surface area contributed by atoms with Crippen molar-refractivity contribution >= 4 is 25.7 Å². The number of esters is 3. The van der Waals surface area contributed by atoms with Gasteiger partial charge in [0.25, 0.3) is 0 Å². The van der Waals surface area contributed by atoms with Gasteiger partial charge < -0.3 is 24.2 Å². The molecule has 448 valence electrons. The number of ether oxygens (including phenoxy) is 3. The molecule has 0 aliphatic heterocycles. The Morgan fingerprint density at radius 2 is 0.645 bits per heavy atom. The Kier molecular flexibility index (Phi) is 57.5. The molecule has 0 radical (unpaired) electrons. The molecule has 3 atom stereocenters. The van der Waals surface area contributed by atoms with Crippen LogP contribution in [-0.4, -0.2) is 66.5 Å². The van der Waals surface area contributed by atoms with Crippen molar-refractivity contribution in [2.24, 2.45) is 0 Å². The fourth-order valence-corrected chi connectivity index (χ4v) is 10.2. The van der Waals surface area contributed by atoms with Crippen molar-refractivity contribution in [2.75, 3.05) is 26.4 Å². The molecule has 0 rings (SSSR count). The lowest BCUT2D eigenvalue weighted by molar-refractivity contribution is -0.161. The predicted molar refractivity (Wildman–Crippen MR) is 316 cm³/mol. The van der Waals surface area contributed by atoms with Gasteiger partial charge in [0.2, 0.25) is 0 Å². The summed E-state index contributed by atoms with van der Waals surface area (Å²) in [5.74, 6) is -1.44. The number of aliphatic hydroxyl groups excluding tert-OH is 1. The first-order valence-corrected chi connectivity index (χ1v) is 33.7. The second kappa shape index (κ2) is 59.1. The monoisotopic (exact) mass is 1100 g/mol. The van der Waals surface area contributed by atoms with Crippen LogP contribution in [0.15, 0.2) is 24.3 Å². The van der Waals surface area contributed by atoms with Gasteiger partial charge in [-0.15, -0.1) is 0 Å². The smallest absolute Gasteiger partial charge is 0.462 e. The Hall–Kier alpha value is -2.04. The molecule has 0 saturated heterocycles. The molecule has 0 saturated carbocycles. The quantitative estimate of drug-likeness (QED) is 0.0197. The molecule has 12 heteroatoms. The minimum Gasteiger partial charge on any atom is -0.462 e. The third-order valence-corrected chi connectivity index (χ3v) is 15.3. The number of carbonyl (C=O) groups excluding carboxylic acids is 3. The third kappa shape index (κ3) is 56.7. The summed E-state index contributed by atoms with van der Waals surface area (Å²) in [4.78, 5) is 48.7. The van der Waals surface area contributed by atoms with Crippen LogP contribution >= 0.6 is 7.82 Å². The number of carbonyl (C=O) groups is 3. The highest BCUT2D eigenvalue weighted by atomic mass is 31.2. The van der Waals surface area contributed by atoms with Crippen molar-refractivity contribution in [3.8, 4) is 0 Å². The summed E-state index contributed by atoms with van der Waals surface area (Å²) >= 11 is 0. The lowest BCUT2D eigenvalue weighted by atomic mass is 10.0. The Labute approximate surface area is 468 Å². The van der Waals surface area contributed by atoms with Gasteiger partial charge in [-0.1, -0.05) is 283 Å². The lowest BCUT2D eigenvalue weighted by Gasteiger charge is -2.21. The SMILES string of the molecule is CCCCC/C=C\C/C=C\CCCCCCCCCC(=O)OCC(COP(=O)(O)OCC(CO)OC(=O)CCCCCCCCCCCCCCC)OC(=O)CCCCCCCCCCCCCCCCCCCCC. The Morgan fingerprint density at radius 3 is 1.00 bits per heavy atom. The molecule has 0 bridgehead atoms. The van der Waals surface area contributed by atoms with Gasteiger partial charge in [0.1, 0.15) is 12.7 Å². The van der Waals surface area contributed by atoms with E-state index in [1.165, 1.54) is 199 Å². The van der Waals surface area contributed by atoms with E-state index >= 15 is 0 Å². The van der Waals surface area contributed by atoms with E-state index < -0.39 is 57.8 Å². The topological polar surface area (TPSA) is 155 Å². The number of rotatable bonds is 61. The maximum absolute atomic E-state index is 13.0. The van der Waals surface area contributed by atoms with Crippen LogP contribution in [-0.2, 0) is 42.2 Å². The maximum Gasteiger partial charge on any atom is 0.472 e. The second-order valence-electron chi connectivity index (χ2n) is 21.9. The van der Waals surface area contributed by atoms with Gasteiger partial charge in [-0.05, 0) is 51.4 Å². The normalized spacial score (nSPS) is 13.4. The average Bonchev–Trinajstić information content (AvgIpc) is 3.41. The summed E-state index contributed by atoms with van der Waals surface area (Å²) in [5.41, 5.74) is 0. The van der Waals surface area contributed by atoms with Gasteiger partial charge in [0, 0.05) is 19.3 Å². The fraction of sp³-hybridized carbons (Fsp3) is 0.891. The number of phosphoric acid groups is 1. The zero-order chi connectivity index (χ0) is 55.5. The molecule has 76 heavy (non-hydrogen) atoms. The van der Waals surface area contributed by atoms with Crippen LogP contribution in [0.5, 0.6) is 0 Å². The van der Waals surface area contributed by atoms with Gasteiger partial charge in [-0.3, -0.25) is 23.4 Å². The first-order valence-electron chi connectivity index (χ1n) is 32.2. The van der Waals surface area contributed by atoms with Crippen LogP contribution in [0.25, 0.3) is 0 Å². The van der Waals surface area contributed by atoms with E-state index in [0.717, 1.165) is 70.6 Å². The van der Waals surface area contributed by atoms with Gasteiger partial charge >= 0.3 is 25.7 Å². The highest BCUT2D eigenvalue weighted by molar-refractivity contribution is 7.47. The molecule has 0 fully saturated rings. The number of unbranched alkanes of at least 4 members (excludes halogenated alkanes) is 40. The summed E-state index contributed by atoms with van der Waals surface area (Å²) in [6.45, 7) is 4.69. The zero-order valence-corrected chi connectivity index (χ0v) is 50.6. The van der Waals surface area contributed by atoms with E-state index in [2.05, 4.69) is 45.1 Å². The van der Waals surface area contributed by atoms with Crippen molar-refractivity contribution in [1.29, 1.82) is 0 Å². The molecule has 0 aliphatic rings. The first-order chi connectivity index (χ1) is 37.2. The molecule has 0 aromatic heterocycles. The average molecular weight is 1100 g/mol. The molecule has 3 unspecified atom stereocenters. The predicted octanol–water partition coefficient (Wildman–Crippen LogP) is 19.4. The summed E-state index contributed by atoms with van der Waals surface area (Å²) in [6.07, 6.45) is 61.3. The Bertz CT molecular complexity index is 1370. The summed E-state index contributed by atoms with van der Waals surface area (Å²) in [6, 6.07) is 0. The third-order valence-electron chi connectivity index (χ3n) is 14.4. The molecule has 0 aliphatic carbocycles. The van der Waals surface area contributed by atoms with Crippen molar-refractivity contribution in [1.82, 2.24) is 0 Å². The van der Waals surface area contributed by atoms with Crippen LogP contribution in [0.1, 0.15) is 329 Å². The highest BCUT2D eigenvalue weighted by Gasteiger charge is 2.28. The van der Waals surface area contributed by atoms with Gasteiger partial charge in [0.05, 0.1) is 19.8 Å². The maximum atomic E-state index is 13.0. The van der Waals surface area contributed by atoms with Gasteiger partial charge in [0.15, 0.2) is 6.10 Å². The fourth-order valence-electron chi connectivity index (χ4n) is 9.45. The summed E-state index contributed by atoms with van der Waals surface area (Å²) < 4.78 is 39.7. The van der Waals surface area contributed by atoms with E-state index in [4.69, 9.17) is 23.3 Å². The molecular formula is C64H121O11P. The van der Waals surface area contributed by atoms with E-state index in [9.17, 15) is 28.9 Å². The molecule has 0 amide bonds. The molecule has 11 nitrogen and oxygen atoms in total. The molecule has 2 N–H and O–H groups in total. The largest absolute Gasteiger partial charge is 0.472 e. The van der Waals surface area contributed by atoms with Crippen LogP contribution in [0.3, 0.4) is 0 Å². The number of phosphoric ester groups is 1. The molecular weight excluding hydrogens is 976 g/mol. The number of aliphatic hydroxyl groups is 1. The zero-order valence-electron chi connectivity index (χ0n) is 49.7. The minimum absolute atomic E-state index is 0.174. The van der Waals surface area contributed by atoms with Crippen LogP contribution in [0.4, 0.5) is 0 Å². The molecule has 0 heterocycles. The molecule has 0 spiro atoms. The van der Waals surface area contributed by atoms with Crippen LogP contribution in [0, 0.1) is 0 Å². The van der Waals surface area contributed by atoms with E-state index in [1.54, 1.807) is 0 Å². The Morgan fingerprint density at radius 1 is 0.368 bits per heavy atom. The number of hydrogen-bond acceptors (Lipinski definition) is 10. The van der Waals surface area contributed by atoms with Crippen molar-refractivity contribution in [3.05, 3.63) is 24.3 Å². The lowest BCUT2D eigenvalue weighted by Crippen LogP contribution is -2.30. The number of allylic oxidation sites excluding steroid dienone is 4. The summed E-state index contributed by atoms with van der Waals surface area (Å²) in [7, 11) is -4.74. The highest BCUT2D eigenvalue weighted by Crippen LogP contribution is 2.43.